The highest BCUT2D eigenvalue weighted by atomic mass is 28.4. The minimum atomic E-state index is -2.01. The van der Waals surface area contributed by atoms with Gasteiger partial charge in [0.15, 0.2) is 8.32 Å². The molecule has 3 aromatic carbocycles. The molecule has 1 saturated heterocycles. The molecule has 0 radical (unpaired) electrons. The maximum Gasteiger partial charge on any atom is 0.417 e. The van der Waals surface area contributed by atoms with Gasteiger partial charge in [-0.05, 0) is 58.3 Å². The van der Waals surface area contributed by atoms with E-state index in [0.29, 0.717) is 46.3 Å². The summed E-state index contributed by atoms with van der Waals surface area (Å²) in [5.74, 6) is -2.36. The van der Waals surface area contributed by atoms with Gasteiger partial charge in [0, 0.05) is 13.2 Å². The van der Waals surface area contributed by atoms with Gasteiger partial charge < -0.3 is 9.16 Å². The molecular formula is C38H46N2O6Si. The largest absolute Gasteiger partial charge is 0.447 e. The monoisotopic (exact) mass is 654 g/mol. The third kappa shape index (κ3) is 6.83. The molecule has 2 aliphatic rings. The third-order valence-electron chi connectivity index (χ3n) is 9.89. The highest BCUT2D eigenvalue weighted by molar-refractivity contribution is 6.77. The van der Waals surface area contributed by atoms with Crippen LogP contribution in [0.3, 0.4) is 0 Å². The predicted octanol–water partition coefficient (Wildman–Crippen LogP) is 7.39. The Morgan fingerprint density at radius 2 is 1.34 bits per heavy atom. The molecule has 0 saturated carbocycles. The van der Waals surface area contributed by atoms with Crippen LogP contribution in [0.4, 0.5) is 4.79 Å². The molecular weight excluding hydrogens is 609 g/mol. The number of amides is 4. The van der Waals surface area contributed by atoms with Crippen molar-refractivity contribution in [2.75, 3.05) is 19.8 Å². The molecule has 4 amide bonds. The molecule has 2 aliphatic heterocycles. The SMILES string of the molecule is CC(C)[Si](OCCc1ccc(C(CN2C(=O)c3ccccc3C2=O)C(=O)N2C(=O)OC[C@H]2Cc2ccccc2)cc1)(C(C)C)C(C)C. The lowest BCUT2D eigenvalue weighted by atomic mass is 9.94. The number of carbonyl (C=O) groups is 4. The number of hydrogen-bond donors (Lipinski definition) is 0. The summed E-state index contributed by atoms with van der Waals surface area (Å²) < 4.78 is 12.1. The van der Waals surface area contributed by atoms with Crippen molar-refractivity contribution in [3.05, 3.63) is 107 Å². The first kappa shape index (κ1) is 34.3. The van der Waals surface area contributed by atoms with Crippen molar-refractivity contribution in [3.63, 3.8) is 0 Å². The maximum atomic E-state index is 14.4. The minimum absolute atomic E-state index is 0.0755. The fourth-order valence-electron chi connectivity index (χ4n) is 7.61. The van der Waals surface area contributed by atoms with E-state index in [9.17, 15) is 19.2 Å². The van der Waals surface area contributed by atoms with E-state index >= 15 is 0 Å². The Hall–Kier alpha value is -4.08. The van der Waals surface area contributed by atoms with E-state index in [1.54, 1.807) is 24.3 Å². The first-order chi connectivity index (χ1) is 22.5. The van der Waals surface area contributed by atoms with Crippen molar-refractivity contribution in [1.82, 2.24) is 9.80 Å². The molecule has 5 rings (SSSR count). The maximum absolute atomic E-state index is 14.4. The quantitative estimate of drug-likeness (QED) is 0.141. The molecule has 0 spiro atoms. The molecule has 1 fully saturated rings. The van der Waals surface area contributed by atoms with Crippen LogP contribution in [-0.4, -0.2) is 67.7 Å². The van der Waals surface area contributed by atoms with E-state index in [-0.39, 0.29) is 13.2 Å². The Balaban J connectivity index is 1.40. The summed E-state index contributed by atoms with van der Waals surface area (Å²) in [6, 6.07) is 23.4. The summed E-state index contributed by atoms with van der Waals surface area (Å²) in [5, 5.41) is 0. The molecule has 0 aliphatic carbocycles. The molecule has 3 aromatic rings. The van der Waals surface area contributed by atoms with Crippen LogP contribution in [-0.2, 0) is 26.8 Å². The Labute approximate surface area is 279 Å². The van der Waals surface area contributed by atoms with Crippen molar-refractivity contribution in [2.24, 2.45) is 0 Å². The van der Waals surface area contributed by atoms with Gasteiger partial charge in [0.25, 0.3) is 11.8 Å². The fraction of sp³-hybridized carbons (Fsp3) is 0.421. The second-order valence-electron chi connectivity index (χ2n) is 13.6. The number of imide groups is 2. The predicted molar refractivity (Wildman–Crippen MR) is 184 cm³/mol. The lowest BCUT2D eigenvalue weighted by Crippen LogP contribution is -2.48. The molecule has 2 atom stereocenters. The summed E-state index contributed by atoms with van der Waals surface area (Å²) >= 11 is 0. The fourth-order valence-corrected chi connectivity index (χ4v) is 13.1. The summed E-state index contributed by atoms with van der Waals surface area (Å²) in [7, 11) is -2.01. The number of nitrogens with zero attached hydrogens (tertiary/aromatic N) is 2. The van der Waals surface area contributed by atoms with E-state index in [4.69, 9.17) is 9.16 Å². The van der Waals surface area contributed by atoms with Gasteiger partial charge in [-0.2, -0.15) is 0 Å². The van der Waals surface area contributed by atoms with Gasteiger partial charge in [-0.1, -0.05) is 108 Å². The van der Waals surface area contributed by atoms with Crippen molar-refractivity contribution in [3.8, 4) is 0 Å². The van der Waals surface area contributed by atoms with Crippen molar-refractivity contribution < 1.29 is 28.3 Å². The van der Waals surface area contributed by atoms with Crippen LogP contribution in [0.5, 0.6) is 0 Å². The summed E-state index contributed by atoms with van der Waals surface area (Å²) in [5.41, 5.74) is 4.73. The first-order valence-corrected chi connectivity index (χ1v) is 18.8. The molecule has 248 valence electrons. The second kappa shape index (κ2) is 14.4. The number of carbonyl (C=O) groups excluding carboxylic acids is 4. The van der Waals surface area contributed by atoms with Gasteiger partial charge in [0.2, 0.25) is 5.91 Å². The minimum Gasteiger partial charge on any atom is -0.447 e. The van der Waals surface area contributed by atoms with Crippen LogP contribution < -0.4 is 0 Å². The van der Waals surface area contributed by atoms with Gasteiger partial charge >= 0.3 is 6.09 Å². The molecule has 0 N–H and O–H groups in total. The Bertz CT molecular complexity index is 1550. The average molecular weight is 655 g/mol. The molecule has 0 bridgehead atoms. The van der Waals surface area contributed by atoms with Crippen molar-refractivity contribution in [2.45, 2.75) is 83.0 Å². The zero-order valence-electron chi connectivity index (χ0n) is 28.3. The number of cyclic esters (lactones) is 1. The van der Waals surface area contributed by atoms with E-state index in [1.165, 1.54) is 4.90 Å². The lowest BCUT2D eigenvalue weighted by Gasteiger charge is -2.42. The van der Waals surface area contributed by atoms with Gasteiger partial charge in [-0.3, -0.25) is 19.3 Å². The van der Waals surface area contributed by atoms with Crippen molar-refractivity contribution in [1.29, 1.82) is 0 Å². The zero-order chi connectivity index (χ0) is 33.9. The highest BCUT2D eigenvalue weighted by Crippen LogP contribution is 2.42. The number of benzene rings is 3. The zero-order valence-corrected chi connectivity index (χ0v) is 29.3. The van der Waals surface area contributed by atoms with Gasteiger partial charge in [0.1, 0.15) is 6.61 Å². The number of rotatable bonds is 13. The normalized spacial score (nSPS) is 17.2. The molecule has 2 heterocycles. The number of fused-ring (bicyclic) bond motifs is 1. The van der Waals surface area contributed by atoms with Crippen LogP contribution >= 0.6 is 0 Å². The molecule has 9 heteroatoms. The van der Waals surface area contributed by atoms with E-state index in [1.807, 2.05) is 54.6 Å². The first-order valence-electron chi connectivity index (χ1n) is 16.7. The highest BCUT2D eigenvalue weighted by Gasteiger charge is 2.46. The second-order valence-corrected chi connectivity index (χ2v) is 19.1. The van der Waals surface area contributed by atoms with E-state index in [0.717, 1.165) is 22.4 Å². The van der Waals surface area contributed by atoms with Crippen LogP contribution in [0.15, 0.2) is 78.9 Å². The smallest absolute Gasteiger partial charge is 0.417 e. The van der Waals surface area contributed by atoms with Crippen molar-refractivity contribution >= 4 is 32.1 Å². The number of hydrogen-bond acceptors (Lipinski definition) is 6. The van der Waals surface area contributed by atoms with Crippen LogP contribution in [0, 0.1) is 0 Å². The summed E-state index contributed by atoms with van der Waals surface area (Å²) in [6.45, 7) is 14.1. The standard InChI is InChI=1S/C38H46N2O6Si/c1-25(2)47(26(3)4,27(5)6)46-21-20-28-16-18-30(19-17-28)34(23-39-35(41)32-14-10-11-15-33(32)36(39)42)37(43)40-31(24-45-38(40)44)22-29-12-8-7-9-13-29/h7-19,25-27,31,34H,20-24H2,1-6H3/t31-,34?/m1/s1. The van der Waals surface area contributed by atoms with E-state index < -0.39 is 44.1 Å². The van der Waals surface area contributed by atoms with Gasteiger partial charge in [-0.25, -0.2) is 9.69 Å². The van der Waals surface area contributed by atoms with Crippen LogP contribution in [0.2, 0.25) is 16.6 Å². The molecule has 8 nitrogen and oxygen atoms in total. The third-order valence-corrected chi connectivity index (χ3v) is 16.0. The lowest BCUT2D eigenvalue weighted by molar-refractivity contribution is -0.130. The number of ether oxygens (including phenoxy) is 1. The Kier molecular flexibility index (Phi) is 10.5. The van der Waals surface area contributed by atoms with Gasteiger partial charge in [-0.15, -0.1) is 0 Å². The molecule has 0 aromatic heterocycles. The molecule has 47 heavy (non-hydrogen) atoms. The average Bonchev–Trinajstić information content (AvgIpc) is 3.53. The summed E-state index contributed by atoms with van der Waals surface area (Å²) in [6.07, 6.45) is 0.436. The Morgan fingerprint density at radius 1 is 0.787 bits per heavy atom. The van der Waals surface area contributed by atoms with Crippen LogP contribution in [0.25, 0.3) is 0 Å². The molecule has 1 unspecified atom stereocenters. The summed E-state index contributed by atoms with van der Waals surface area (Å²) in [4.78, 5) is 56.4. The van der Waals surface area contributed by atoms with E-state index in [2.05, 4.69) is 41.5 Å². The van der Waals surface area contributed by atoms with Gasteiger partial charge in [0.05, 0.1) is 23.1 Å². The topological polar surface area (TPSA) is 93.2 Å². The van der Waals surface area contributed by atoms with Crippen LogP contribution in [0.1, 0.15) is 84.9 Å². The Morgan fingerprint density at radius 3 is 1.89 bits per heavy atom.